The van der Waals surface area contributed by atoms with Gasteiger partial charge in [0.2, 0.25) is 11.8 Å². The van der Waals surface area contributed by atoms with Gasteiger partial charge < -0.3 is 9.84 Å². The Morgan fingerprint density at radius 1 is 1.10 bits per heavy atom. The number of aryl methyl sites for hydroxylation is 2. The van der Waals surface area contributed by atoms with Gasteiger partial charge in [-0.25, -0.2) is 12.8 Å². The lowest BCUT2D eigenvalue weighted by Gasteiger charge is -2.05. The van der Waals surface area contributed by atoms with E-state index in [1.165, 1.54) is 17.7 Å². The minimum Gasteiger partial charge on any atom is -0.339 e. The number of hydrogen-bond donors (Lipinski definition) is 1. The molecule has 0 atom stereocenters. The van der Waals surface area contributed by atoms with Crippen molar-refractivity contribution in [3.8, 4) is 0 Å². The van der Waals surface area contributed by atoms with Crippen LogP contribution in [0.1, 0.15) is 30.6 Å². The molecule has 0 spiro atoms. The van der Waals surface area contributed by atoms with Gasteiger partial charge >= 0.3 is 0 Å². The van der Waals surface area contributed by atoms with Gasteiger partial charge in [-0.3, -0.25) is 4.79 Å². The van der Waals surface area contributed by atoms with Crippen LogP contribution in [-0.2, 0) is 33.2 Å². The first-order chi connectivity index (χ1) is 13.9. The number of rotatable bonds is 8. The average Bonchev–Trinajstić information content (AvgIpc) is 3.14. The zero-order chi connectivity index (χ0) is 20.9. The van der Waals surface area contributed by atoms with Crippen LogP contribution in [0.2, 0.25) is 0 Å². The molecule has 0 fully saturated rings. The summed E-state index contributed by atoms with van der Waals surface area (Å²) >= 11 is 0. The number of benzene rings is 2. The Morgan fingerprint density at radius 2 is 1.79 bits per heavy atom. The molecular weight excluding hydrogens is 397 g/mol. The van der Waals surface area contributed by atoms with Crippen molar-refractivity contribution < 1.29 is 22.1 Å². The van der Waals surface area contributed by atoms with Gasteiger partial charge in [-0.2, -0.15) is 4.98 Å². The number of sulfone groups is 1. The van der Waals surface area contributed by atoms with Crippen molar-refractivity contribution in [3.05, 3.63) is 71.6 Å². The average molecular weight is 417 g/mol. The van der Waals surface area contributed by atoms with Gasteiger partial charge in [0.05, 0.1) is 4.90 Å². The van der Waals surface area contributed by atoms with E-state index in [0.29, 0.717) is 5.69 Å². The van der Waals surface area contributed by atoms with Gasteiger partial charge in [-0.05, 0) is 48.4 Å². The van der Waals surface area contributed by atoms with Crippen LogP contribution < -0.4 is 5.32 Å². The minimum atomic E-state index is -3.73. The number of amides is 1. The molecule has 152 valence electrons. The molecule has 3 aromatic rings. The zero-order valence-corrected chi connectivity index (χ0v) is 16.6. The summed E-state index contributed by atoms with van der Waals surface area (Å²) in [4.78, 5) is 16.1. The zero-order valence-electron chi connectivity index (χ0n) is 15.8. The molecule has 0 bridgehead atoms. The van der Waals surface area contributed by atoms with Crippen LogP contribution in [0, 0.1) is 5.82 Å². The number of aromatic nitrogens is 2. The molecule has 7 nitrogen and oxygen atoms in total. The maximum absolute atomic E-state index is 13.0. The fourth-order valence-electron chi connectivity index (χ4n) is 2.61. The lowest BCUT2D eigenvalue weighted by molar-refractivity contribution is -0.116. The van der Waals surface area contributed by atoms with Crippen LogP contribution in [-0.4, -0.2) is 24.5 Å². The summed E-state index contributed by atoms with van der Waals surface area (Å²) in [7, 11) is -3.73. The van der Waals surface area contributed by atoms with Crippen molar-refractivity contribution >= 4 is 21.4 Å². The molecule has 2 aromatic carbocycles. The summed E-state index contributed by atoms with van der Waals surface area (Å²) in [5.41, 5.74) is 1.88. The fraction of sp³-hybridized carbons (Fsp3) is 0.250. The second-order valence-corrected chi connectivity index (χ2v) is 8.41. The molecule has 1 amide bonds. The molecule has 0 saturated heterocycles. The van der Waals surface area contributed by atoms with E-state index in [0.717, 1.165) is 18.6 Å². The van der Waals surface area contributed by atoms with Crippen LogP contribution in [0.25, 0.3) is 0 Å². The van der Waals surface area contributed by atoms with E-state index < -0.39 is 21.4 Å². The Balaban J connectivity index is 1.54. The van der Waals surface area contributed by atoms with Crippen molar-refractivity contribution in [1.29, 1.82) is 0 Å². The van der Waals surface area contributed by atoms with Gasteiger partial charge in [0, 0.05) is 18.5 Å². The number of carbonyl (C=O) groups excluding carboxylic acids is 1. The molecule has 0 unspecified atom stereocenters. The molecule has 0 radical (unpaired) electrons. The van der Waals surface area contributed by atoms with E-state index >= 15 is 0 Å². The molecule has 0 aliphatic heterocycles. The lowest BCUT2D eigenvalue weighted by atomic mass is 10.1. The van der Waals surface area contributed by atoms with Crippen molar-refractivity contribution in [2.75, 3.05) is 5.32 Å². The highest BCUT2D eigenvalue weighted by molar-refractivity contribution is 7.90. The Morgan fingerprint density at radius 3 is 2.45 bits per heavy atom. The summed E-state index contributed by atoms with van der Waals surface area (Å²) in [6.45, 7) is 2.05. The van der Waals surface area contributed by atoms with Gasteiger partial charge in [0.1, 0.15) is 11.6 Å². The molecule has 1 aromatic heterocycles. The Labute approximate surface area is 167 Å². The standard InChI is InChI=1S/C20H20FN3O4S/c1-2-14-3-7-16(8-4-14)22-19(25)11-12-20-23-18(24-28-20)13-29(26,27)17-9-5-15(21)6-10-17/h3-10H,2,11-13H2,1H3,(H,22,25). The molecule has 29 heavy (non-hydrogen) atoms. The predicted octanol–water partition coefficient (Wildman–Crippen LogP) is 3.32. The molecule has 0 aliphatic carbocycles. The SMILES string of the molecule is CCc1ccc(NC(=O)CCc2nc(CS(=O)(=O)c3ccc(F)cc3)no2)cc1. The molecule has 3 rings (SSSR count). The Bertz CT molecular complexity index is 1080. The Hall–Kier alpha value is -3.07. The van der Waals surface area contributed by atoms with E-state index in [1.807, 2.05) is 24.3 Å². The first-order valence-corrected chi connectivity index (χ1v) is 10.7. The predicted molar refractivity (Wildman–Crippen MR) is 104 cm³/mol. The minimum absolute atomic E-state index is 0.0140. The van der Waals surface area contributed by atoms with Crippen LogP contribution in [0.15, 0.2) is 57.9 Å². The molecular formula is C20H20FN3O4S. The third-order valence-corrected chi connectivity index (χ3v) is 5.84. The topological polar surface area (TPSA) is 102 Å². The number of anilines is 1. The van der Waals surface area contributed by atoms with E-state index in [-0.39, 0.29) is 35.4 Å². The summed E-state index contributed by atoms with van der Waals surface area (Å²) < 4.78 is 42.6. The van der Waals surface area contributed by atoms with Crippen LogP contribution >= 0.6 is 0 Å². The van der Waals surface area contributed by atoms with Crippen molar-refractivity contribution in [2.24, 2.45) is 0 Å². The van der Waals surface area contributed by atoms with Crippen molar-refractivity contribution in [3.63, 3.8) is 0 Å². The van der Waals surface area contributed by atoms with Crippen LogP contribution in [0.3, 0.4) is 0 Å². The van der Waals surface area contributed by atoms with Crippen molar-refractivity contribution in [2.45, 2.75) is 36.8 Å². The summed E-state index contributed by atoms with van der Waals surface area (Å²) in [5.74, 6) is -1.05. The number of nitrogens with zero attached hydrogens (tertiary/aromatic N) is 2. The van der Waals surface area contributed by atoms with Gasteiger partial charge in [-0.1, -0.05) is 24.2 Å². The van der Waals surface area contributed by atoms with Gasteiger partial charge in [0.15, 0.2) is 15.7 Å². The third kappa shape index (κ3) is 5.71. The monoisotopic (exact) mass is 417 g/mol. The van der Waals surface area contributed by atoms with Gasteiger partial charge in [0.25, 0.3) is 0 Å². The normalized spacial score (nSPS) is 11.4. The molecule has 0 aliphatic rings. The summed E-state index contributed by atoms with van der Waals surface area (Å²) in [6, 6.07) is 12.1. The lowest BCUT2D eigenvalue weighted by Crippen LogP contribution is -2.12. The molecule has 1 N–H and O–H groups in total. The Kier molecular flexibility index (Phi) is 6.38. The summed E-state index contributed by atoms with van der Waals surface area (Å²) in [5, 5.41) is 6.43. The highest BCUT2D eigenvalue weighted by Crippen LogP contribution is 2.16. The fourth-order valence-corrected chi connectivity index (χ4v) is 3.79. The molecule has 9 heteroatoms. The number of hydrogen-bond acceptors (Lipinski definition) is 6. The second-order valence-electron chi connectivity index (χ2n) is 6.42. The van der Waals surface area contributed by atoms with E-state index in [1.54, 1.807) is 0 Å². The summed E-state index contributed by atoms with van der Waals surface area (Å²) in [6.07, 6.45) is 1.22. The number of nitrogens with one attached hydrogen (secondary N) is 1. The second kappa shape index (κ2) is 8.95. The maximum Gasteiger partial charge on any atom is 0.227 e. The quantitative estimate of drug-likeness (QED) is 0.564. The highest BCUT2D eigenvalue weighted by atomic mass is 32.2. The largest absolute Gasteiger partial charge is 0.339 e. The first-order valence-electron chi connectivity index (χ1n) is 9.04. The van der Waals surface area contributed by atoms with Gasteiger partial charge in [-0.15, -0.1) is 0 Å². The number of halogens is 1. The van der Waals surface area contributed by atoms with E-state index in [9.17, 15) is 17.6 Å². The maximum atomic E-state index is 13.0. The van der Waals surface area contributed by atoms with Crippen LogP contribution in [0.5, 0.6) is 0 Å². The van der Waals surface area contributed by atoms with Crippen molar-refractivity contribution in [1.82, 2.24) is 10.1 Å². The van der Waals surface area contributed by atoms with E-state index in [4.69, 9.17) is 4.52 Å². The smallest absolute Gasteiger partial charge is 0.227 e. The van der Waals surface area contributed by atoms with Crippen LogP contribution in [0.4, 0.5) is 10.1 Å². The highest BCUT2D eigenvalue weighted by Gasteiger charge is 2.19. The third-order valence-electron chi connectivity index (χ3n) is 4.21. The molecule has 1 heterocycles. The molecule has 0 saturated carbocycles. The first kappa shape index (κ1) is 20.7. The van der Waals surface area contributed by atoms with E-state index in [2.05, 4.69) is 22.4 Å². The number of carbonyl (C=O) groups is 1.